The predicted molar refractivity (Wildman–Crippen MR) is 77.1 cm³/mol. The SMILES string of the molecule is COP(NC(C)(C)C)c1c(C)cc(C)cc1C. The van der Waals surface area contributed by atoms with E-state index in [1.807, 2.05) is 0 Å². The van der Waals surface area contributed by atoms with Crippen molar-refractivity contribution in [3.05, 3.63) is 28.8 Å². The minimum atomic E-state index is -0.746. The number of benzene rings is 1. The van der Waals surface area contributed by atoms with E-state index in [1.54, 1.807) is 7.11 Å². The summed E-state index contributed by atoms with van der Waals surface area (Å²) in [5.74, 6) is 0. The van der Waals surface area contributed by atoms with Crippen LogP contribution in [0.3, 0.4) is 0 Å². The Kier molecular flexibility index (Phi) is 4.71. The molecule has 2 nitrogen and oxygen atoms in total. The molecule has 0 radical (unpaired) electrons. The van der Waals surface area contributed by atoms with Crippen molar-refractivity contribution in [1.29, 1.82) is 0 Å². The van der Waals surface area contributed by atoms with Gasteiger partial charge in [0, 0.05) is 18.0 Å². The molecule has 1 aromatic rings. The molecule has 1 rings (SSSR count). The van der Waals surface area contributed by atoms with Crippen LogP contribution in [0.4, 0.5) is 0 Å². The van der Waals surface area contributed by atoms with Gasteiger partial charge in [0.2, 0.25) is 0 Å². The van der Waals surface area contributed by atoms with Crippen LogP contribution in [-0.2, 0) is 4.52 Å². The molecule has 17 heavy (non-hydrogen) atoms. The van der Waals surface area contributed by atoms with E-state index in [0.29, 0.717) is 0 Å². The standard InChI is InChI=1S/C14H24NOP/c1-10-8-11(2)13(12(3)9-10)17(16-7)15-14(4,5)6/h8-9,15H,1-7H3. The third-order valence-electron chi connectivity index (χ3n) is 2.46. The Morgan fingerprint density at radius 2 is 1.53 bits per heavy atom. The molecule has 3 heteroatoms. The van der Waals surface area contributed by atoms with E-state index in [1.165, 1.54) is 22.0 Å². The van der Waals surface area contributed by atoms with E-state index in [9.17, 15) is 0 Å². The molecule has 0 aliphatic heterocycles. The summed E-state index contributed by atoms with van der Waals surface area (Å²) in [5, 5.41) is 4.89. The fourth-order valence-corrected chi connectivity index (χ4v) is 3.75. The van der Waals surface area contributed by atoms with Gasteiger partial charge in [0.15, 0.2) is 0 Å². The van der Waals surface area contributed by atoms with Crippen LogP contribution in [0.2, 0.25) is 0 Å². The van der Waals surface area contributed by atoms with Crippen LogP contribution in [-0.4, -0.2) is 12.6 Å². The monoisotopic (exact) mass is 253 g/mol. The third kappa shape index (κ3) is 4.06. The molecule has 0 aliphatic carbocycles. The number of rotatable bonds is 3. The molecule has 0 aromatic heterocycles. The lowest BCUT2D eigenvalue weighted by Gasteiger charge is -2.29. The summed E-state index contributed by atoms with van der Waals surface area (Å²) in [6, 6.07) is 4.45. The molecule has 0 bridgehead atoms. The van der Waals surface area contributed by atoms with Crippen molar-refractivity contribution in [2.75, 3.05) is 7.11 Å². The van der Waals surface area contributed by atoms with Gasteiger partial charge in [-0.15, -0.1) is 0 Å². The summed E-state index contributed by atoms with van der Waals surface area (Å²) in [7, 11) is 1.04. The highest BCUT2D eigenvalue weighted by Crippen LogP contribution is 2.35. The van der Waals surface area contributed by atoms with Crippen molar-refractivity contribution in [2.24, 2.45) is 0 Å². The van der Waals surface area contributed by atoms with Gasteiger partial charge in [0.25, 0.3) is 0 Å². The summed E-state index contributed by atoms with van der Waals surface area (Å²) in [6.45, 7) is 13.0. The lowest BCUT2D eigenvalue weighted by molar-refractivity contribution is 0.430. The second-order valence-corrected chi connectivity index (χ2v) is 7.21. The Hall–Kier alpha value is -0.430. The van der Waals surface area contributed by atoms with Gasteiger partial charge >= 0.3 is 0 Å². The Balaban J connectivity index is 3.12. The third-order valence-corrected chi connectivity index (χ3v) is 4.81. The Labute approximate surface area is 107 Å². The summed E-state index contributed by atoms with van der Waals surface area (Å²) in [5.41, 5.74) is 4.00. The largest absolute Gasteiger partial charge is 0.343 e. The topological polar surface area (TPSA) is 21.3 Å². The van der Waals surface area contributed by atoms with Crippen LogP contribution >= 0.6 is 8.30 Å². The van der Waals surface area contributed by atoms with Gasteiger partial charge in [0.1, 0.15) is 8.30 Å². The van der Waals surface area contributed by atoms with E-state index in [2.05, 4.69) is 58.8 Å². The second-order valence-electron chi connectivity index (χ2n) is 5.59. The highest BCUT2D eigenvalue weighted by Gasteiger charge is 2.22. The predicted octanol–water partition coefficient (Wildman–Crippen LogP) is 3.58. The molecule has 96 valence electrons. The molecule has 0 heterocycles. The zero-order chi connectivity index (χ0) is 13.2. The van der Waals surface area contributed by atoms with Crippen molar-refractivity contribution in [1.82, 2.24) is 5.09 Å². The molecule has 0 amide bonds. The van der Waals surface area contributed by atoms with E-state index < -0.39 is 8.30 Å². The molecule has 1 atom stereocenters. The van der Waals surface area contributed by atoms with Crippen molar-refractivity contribution in [3.63, 3.8) is 0 Å². The van der Waals surface area contributed by atoms with E-state index in [4.69, 9.17) is 4.52 Å². The zero-order valence-corrected chi connectivity index (χ0v) is 12.9. The van der Waals surface area contributed by atoms with E-state index >= 15 is 0 Å². The number of aryl methyl sites for hydroxylation is 3. The Bertz CT molecular complexity index is 373. The van der Waals surface area contributed by atoms with Crippen LogP contribution in [0.25, 0.3) is 0 Å². The summed E-state index contributed by atoms with van der Waals surface area (Å²) >= 11 is 0. The normalized spacial score (nSPS) is 13.8. The first kappa shape index (κ1) is 14.6. The summed E-state index contributed by atoms with van der Waals surface area (Å²) < 4.78 is 5.67. The molecule has 1 N–H and O–H groups in total. The Morgan fingerprint density at radius 1 is 1.06 bits per heavy atom. The lowest BCUT2D eigenvalue weighted by atomic mass is 10.1. The summed E-state index contributed by atoms with van der Waals surface area (Å²) in [6.07, 6.45) is 0. The van der Waals surface area contributed by atoms with E-state index in [0.717, 1.165) is 0 Å². The highest BCUT2D eigenvalue weighted by molar-refractivity contribution is 7.59. The van der Waals surface area contributed by atoms with Gasteiger partial charge in [-0.05, 0) is 52.7 Å². The van der Waals surface area contributed by atoms with Crippen LogP contribution in [0, 0.1) is 20.8 Å². The van der Waals surface area contributed by atoms with Gasteiger partial charge in [-0.3, -0.25) is 5.09 Å². The maximum absolute atomic E-state index is 5.67. The van der Waals surface area contributed by atoms with Crippen molar-refractivity contribution >= 4 is 13.6 Å². The number of hydrogen-bond donors (Lipinski definition) is 1. The average molecular weight is 253 g/mol. The molecule has 0 saturated heterocycles. The molecular formula is C14H24NOP. The first-order valence-corrected chi connectivity index (χ1v) is 7.20. The smallest absolute Gasteiger partial charge is 0.135 e. The quantitative estimate of drug-likeness (QED) is 0.831. The molecule has 0 saturated carbocycles. The van der Waals surface area contributed by atoms with Gasteiger partial charge in [-0.2, -0.15) is 0 Å². The lowest BCUT2D eigenvalue weighted by Crippen LogP contribution is -2.35. The maximum atomic E-state index is 5.67. The zero-order valence-electron chi connectivity index (χ0n) is 12.0. The second kappa shape index (κ2) is 5.48. The molecule has 0 fully saturated rings. The van der Waals surface area contributed by atoms with Crippen molar-refractivity contribution in [2.45, 2.75) is 47.1 Å². The molecule has 1 aromatic carbocycles. The van der Waals surface area contributed by atoms with Crippen LogP contribution in [0.5, 0.6) is 0 Å². The molecule has 1 unspecified atom stereocenters. The van der Waals surface area contributed by atoms with Crippen molar-refractivity contribution in [3.8, 4) is 0 Å². The van der Waals surface area contributed by atoms with E-state index in [-0.39, 0.29) is 5.54 Å². The first-order valence-electron chi connectivity index (χ1n) is 5.94. The number of nitrogens with one attached hydrogen (secondary N) is 1. The van der Waals surface area contributed by atoms with Crippen molar-refractivity contribution < 1.29 is 4.52 Å². The average Bonchev–Trinajstić information content (AvgIpc) is 2.12. The minimum Gasteiger partial charge on any atom is -0.343 e. The fraction of sp³-hybridized carbons (Fsp3) is 0.571. The maximum Gasteiger partial charge on any atom is 0.135 e. The van der Waals surface area contributed by atoms with Gasteiger partial charge in [0.05, 0.1) is 0 Å². The first-order chi connectivity index (χ1) is 7.74. The van der Waals surface area contributed by atoms with Gasteiger partial charge in [-0.1, -0.05) is 17.7 Å². The molecule has 0 spiro atoms. The van der Waals surface area contributed by atoms with Crippen LogP contribution in [0.15, 0.2) is 12.1 Å². The number of hydrogen-bond acceptors (Lipinski definition) is 2. The Morgan fingerprint density at radius 3 is 1.88 bits per heavy atom. The molecule has 0 aliphatic rings. The van der Waals surface area contributed by atoms with Crippen LogP contribution in [0.1, 0.15) is 37.5 Å². The minimum absolute atomic E-state index is 0.0610. The molecular weight excluding hydrogens is 229 g/mol. The summed E-state index contributed by atoms with van der Waals surface area (Å²) in [4.78, 5) is 0. The van der Waals surface area contributed by atoms with Gasteiger partial charge < -0.3 is 4.52 Å². The van der Waals surface area contributed by atoms with Crippen LogP contribution < -0.4 is 10.4 Å². The van der Waals surface area contributed by atoms with Gasteiger partial charge in [-0.25, -0.2) is 0 Å². The highest BCUT2D eigenvalue weighted by atomic mass is 31.2. The fourth-order valence-electron chi connectivity index (χ4n) is 1.99.